The lowest BCUT2D eigenvalue weighted by Gasteiger charge is -1.98. The van der Waals surface area contributed by atoms with Crippen molar-refractivity contribution in [3.63, 3.8) is 0 Å². The molecule has 0 spiro atoms. The minimum Gasteiger partial charge on any atom is -0.399 e. The Morgan fingerprint density at radius 3 is 2.72 bits per heavy atom. The highest BCUT2D eigenvalue weighted by atomic mass is 16.7. The van der Waals surface area contributed by atoms with Crippen molar-refractivity contribution in [1.82, 2.24) is 9.78 Å². The molecule has 2 aromatic heterocycles. The molecule has 25 heavy (non-hydrogen) atoms. The molecule has 0 unspecified atom stereocenters. The monoisotopic (exact) mass is 340 g/mol. The zero-order valence-corrected chi connectivity index (χ0v) is 13.0. The van der Waals surface area contributed by atoms with E-state index >= 15 is 0 Å². The first kappa shape index (κ1) is 16.1. The van der Waals surface area contributed by atoms with Crippen LogP contribution in [-0.4, -0.2) is 26.9 Å². The highest BCUT2D eigenvalue weighted by Crippen LogP contribution is 2.27. The van der Waals surface area contributed by atoms with Crippen molar-refractivity contribution in [1.29, 1.82) is 0 Å². The quantitative estimate of drug-likeness (QED) is 0.305. The third-order valence-electron chi connectivity index (χ3n) is 3.14. The van der Waals surface area contributed by atoms with E-state index in [0.29, 0.717) is 11.3 Å². The standard InChI is InChI=1S/C16H12N4O5/c1-11(21)25-17-9-12-10-19(13-5-3-2-4-6-13)18-16(12)14-7-8-15(24-14)20(22)23/h2-10H,1H3/b17-9+. The maximum absolute atomic E-state index is 10.8. The van der Waals surface area contributed by atoms with E-state index in [1.165, 1.54) is 25.3 Å². The maximum atomic E-state index is 10.8. The third-order valence-corrected chi connectivity index (χ3v) is 3.14. The van der Waals surface area contributed by atoms with E-state index in [1.54, 1.807) is 10.9 Å². The molecule has 3 rings (SSSR count). The summed E-state index contributed by atoms with van der Waals surface area (Å²) < 4.78 is 6.77. The Bertz CT molecular complexity index is 943. The molecule has 0 amide bonds. The Balaban J connectivity index is 2.04. The van der Waals surface area contributed by atoms with Crippen LogP contribution < -0.4 is 0 Å². The average Bonchev–Trinajstić information content (AvgIpc) is 3.22. The number of nitrogens with zero attached hydrogens (tertiary/aromatic N) is 4. The molecule has 1 aromatic carbocycles. The van der Waals surface area contributed by atoms with E-state index in [-0.39, 0.29) is 5.76 Å². The second-order valence-electron chi connectivity index (χ2n) is 4.93. The number of para-hydroxylation sites is 1. The van der Waals surface area contributed by atoms with Crippen molar-refractivity contribution in [2.75, 3.05) is 0 Å². The van der Waals surface area contributed by atoms with Crippen molar-refractivity contribution in [2.24, 2.45) is 5.16 Å². The van der Waals surface area contributed by atoms with E-state index < -0.39 is 16.8 Å². The fraction of sp³-hybridized carbons (Fsp3) is 0.0625. The fourth-order valence-corrected chi connectivity index (χ4v) is 2.10. The number of rotatable bonds is 5. The van der Waals surface area contributed by atoms with Crippen LogP contribution in [0.4, 0.5) is 5.88 Å². The molecule has 0 aliphatic carbocycles. The first-order valence-corrected chi connectivity index (χ1v) is 7.15. The Morgan fingerprint density at radius 2 is 2.08 bits per heavy atom. The molecule has 0 aliphatic rings. The van der Waals surface area contributed by atoms with Gasteiger partial charge < -0.3 is 9.25 Å². The van der Waals surface area contributed by atoms with Crippen molar-refractivity contribution in [2.45, 2.75) is 6.92 Å². The SMILES string of the molecule is CC(=O)O/N=C/c1cn(-c2ccccc2)nc1-c1ccc([N+](=O)[O-])o1. The molecule has 0 bridgehead atoms. The predicted octanol–water partition coefficient (Wildman–Crippen LogP) is 2.94. The zero-order chi connectivity index (χ0) is 17.8. The van der Waals surface area contributed by atoms with Crippen LogP contribution in [0.3, 0.4) is 0 Å². The van der Waals surface area contributed by atoms with Crippen LogP contribution in [0.5, 0.6) is 0 Å². The van der Waals surface area contributed by atoms with Crippen LogP contribution >= 0.6 is 0 Å². The largest absolute Gasteiger partial charge is 0.433 e. The first-order valence-electron chi connectivity index (χ1n) is 7.15. The van der Waals surface area contributed by atoms with Gasteiger partial charge in [-0.2, -0.15) is 5.10 Å². The summed E-state index contributed by atoms with van der Waals surface area (Å²) in [6.45, 7) is 1.22. The Morgan fingerprint density at radius 1 is 1.32 bits per heavy atom. The summed E-state index contributed by atoms with van der Waals surface area (Å²) in [4.78, 5) is 25.6. The number of benzene rings is 1. The lowest BCUT2D eigenvalue weighted by Crippen LogP contribution is -1.93. The number of aromatic nitrogens is 2. The van der Waals surface area contributed by atoms with E-state index in [9.17, 15) is 14.9 Å². The Labute approximate surface area is 141 Å². The molecule has 0 aliphatic heterocycles. The summed E-state index contributed by atoms with van der Waals surface area (Å²) in [5, 5.41) is 18.8. The summed E-state index contributed by atoms with van der Waals surface area (Å²) in [5.41, 5.74) is 1.57. The molecule has 9 heteroatoms. The topological polar surface area (TPSA) is 113 Å². The number of carbonyl (C=O) groups is 1. The van der Waals surface area contributed by atoms with Gasteiger partial charge in [-0.3, -0.25) is 10.1 Å². The number of carbonyl (C=O) groups excluding carboxylic acids is 1. The fourth-order valence-electron chi connectivity index (χ4n) is 2.10. The highest BCUT2D eigenvalue weighted by molar-refractivity contribution is 5.87. The third kappa shape index (κ3) is 3.61. The van der Waals surface area contributed by atoms with Crippen LogP contribution in [0.15, 0.2) is 58.2 Å². The van der Waals surface area contributed by atoms with Gasteiger partial charge in [0.15, 0.2) is 5.76 Å². The molecule has 0 fully saturated rings. The summed E-state index contributed by atoms with van der Waals surface area (Å²) in [6, 6.07) is 11.9. The van der Waals surface area contributed by atoms with E-state index in [4.69, 9.17) is 4.42 Å². The van der Waals surface area contributed by atoms with Crippen LogP contribution in [-0.2, 0) is 9.63 Å². The molecule has 0 saturated heterocycles. The lowest BCUT2D eigenvalue weighted by molar-refractivity contribution is -0.401. The van der Waals surface area contributed by atoms with Crippen molar-refractivity contribution in [3.05, 3.63) is 64.3 Å². The van der Waals surface area contributed by atoms with Gasteiger partial charge in [0, 0.05) is 18.7 Å². The van der Waals surface area contributed by atoms with Gasteiger partial charge in [-0.1, -0.05) is 23.4 Å². The summed E-state index contributed by atoms with van der Waals surface area (Å²) >= 11 is 0. The van der Waals surface area contributed by atoms with Gasteiger partial charge >= 0.3 is 11.9 Å². The number of hydrogen-bond acceptors (Lipinski definition) is 7. The van der Waals surface area contributed by atoms with Crippen LogP contribution in [0.2, 0.25) is 0 Å². The normalized spacial score (nSPS) is 10.9. The number of oxime groups is 1. The molecule has 0 atom stereocenters. The Hall–Kier alpha value is -3.75. The molecular weight excluding hydrogens is 328 g/mol. The van der Waals surface area contributed by atoms with E-state index in [0.717, 1.165) is 5.69 Å². The van der Waals surface area contributed by atoms with Gasteiger partial charge in [-0.15, -0.1) is 0 Å². The maximum Gasteiger partial charge on any atom is 0.433 e. The zero-order valence-electron chi connectivity index (χ0n) is 13.0. The summed E-state index contributed by atoms with van der Waals surface area (Å²) in [5.74, 6) is -0.764. The predicted molar refractivity (Wildman–Crippen MR) is 87.3 cm³/mol. The second-order valence-corrected chi connectivity index (χ2v) is 4.93. The van der Waals surface area contributed by atoms with Crippen LogP contribution in [0.1, 0.15) is 12.5 Å². The van der Waals surface area contributed by atoms with Gasteiger partial charge in [0.05, 0.1) is 18.0 Å². The van der Waals surface area contributed by atoms with E-state index in [2.05, 4.69) is 15.1 Å². The molecule has 0 radical (unpaired) electrons. The van der Waals surface area contributed by atoms with Crippen LogP contribution in [0, 0.1) is 10.1 Å². The molecule has 3 aromatic rings. The lowest BCUT2D eigenvalue weighted by atomic mass is 10.2. The summed E-state index contributed by atoms with van der Waals surface area (Å²) in [7, 11) is 0. The smallest absolute Gasteiger partial charge is 0.399 e. The van der Waals surface area contributed by atoms with Gasteiger partial charge in [0.1, 0.15) is 10.6 Å². The van der Waals surface area contributed by atoms with Gasteiger partial charge in [-0.05, 0) is 18.2 Å². The molecule has 126 valence electrons. The molecule has 0 saturated carbocycles. The first-order chi connectivity index (χ1) is 12.0. The number of nitro groups is 1. The molecule has 2 heterocycles. The summed E-state index contributed by atoms with van der Waals surface area (Å²) in [6.07, 6.45) is 2.93. The number of hydrogen-bond donors (Lipinski definition) is 0. The van der Waals surface area contributed by atoms with Gasteiger partial charge in [0.25, 0.3) is 0 Å². The highest BCUT2D eigenvalue weighted by Gasteiger charge is 2.19. The minimum absolute atomic E-state index is 0.200. The minimum atomic E-state index is -0.635. The Kier molecular flexibility index (Phi) is 4.38. The van der Waals surface area contributed by atoms with Crippen LogP contribution in [0.25, 0.3) is 17.1 Å². The average molecular weight is 340 g/mol. The molecule has 0 N–H and O–H groups in total. The molecule has 9 nitrogen and oxygen atoms in total. The van der Waals surface area contributed by atoms with Gasteiger partial charge in [-0.25, -0.2) is 9.48 Å². The van der Waals surface area contributed by atoms with E-state index in [1.807, 2.05) is 30.3 Å². The van der Waals surface area contributed by atoms with Gasteiger partial charge in [0.2, 0.25) is 0 Å². The second kappa shape index (κ2) is 6.79. The van der Waals surface area contributed by atoms with Crippen molar-refractivity contribution in [3.8, 4) is 17.1 Å². The van der Waals surface area contributed by atoms with Crippen molar-refractivity contribution < 1.29 is 19.0 Å². The number of furan rings is 1. The van der Waals surface area contributed by atoms with Crippen molar-refractivity contribution >= 4 is 18.1 Å². The molecular formula is C16H12N4O5.